The fourth-order valence-corrected chi connectivity index (χ4v) is 1.88. The lowest BCUT2D eigenvalue weighted by Crippen LogP contribution is -2.36. The highest BCUT2D eigenvalue weighted by Gasteiger charge is 2.04. The molecule has 0 atom stereocenters. The van der Waals surface area contributed by atoms with Crippen molar-refractivity contribution in [3.63, 3.8) is 0 Å². The lowest BCUT2D eigenvalue weighted by molar-refractivity contribution is -0.116. The molecule has 2 aromatic carbocycles. The Labute approximate surface area is 129 Å². The second-order valence-electron chi connectivity index (χ2n) is 4.76. The van der Waals surface area contributed by atoms with Crippen LogP contribution < -0.4 is 16.0 Å². The largest absolute Gasteiger partial charge is 0.338 e. The van der Waals surface area contributed by atoms with E-state index in [1.165, 1.54) is 0 Å². The minimum absolute atomic E-state index is 0.130. The molecule has 114 valence electrons. The van der Waals surface area contributed by atoms with E-state index in [1.54, 1.807) is 0 Å². The van der Waals surface area contributed by atoms with Gasteiger partial charge in [0.2, 0.25) is 5.91 Å². The number of anilines is 1. The molecular weight excluding hydrogens is 278 g/mol. The third kappa shape index (κ3) is 5.66. The number of urea groups is 1. The predicted octanol–water partition coefficient (Wildman–Crippen LogP) is 2.51. The van der Waals surface area contributed by atoms with Crippen molar-refractivity contribution < 1.29 is 9.59 Å². The van der Waals surface area contributed by atoms with Crippen LogP contribution in [0.25, 0.3) is 0 Å². The molecule has 0 heterocycles. The summed E-state index contributed by atoms with van der Waals surface area (Å²) in [6.07, 6.45) is 0.230. The summed E-state index contributed by atoms with van der Waals surface area (Å²) >= 11 is 0. The highest BCUT2D eigenvalue weighted by Crippen LogP contribution is 2.04. The first-order chi connectivity index (χ1) is 10.7. The van der Waals surface area contributed by atoms with Crippen LogP contribution in [0, 0.1) is 0 Å². The third-order valence-electron chi connectivity index (χ3n) is 2.99. The lowest BCUT2D eigenvalue weighted by Gasteiger charge is -2.08. The highest BCUT2D eigenvalue weighted by molar-refractivity contribution is 5.91. The average Bonchev–Trinajstić information content (AvgIpc) is 2.55. The normalized spacial score (nSPS) is 9.82. The van der Waals surface area contributed by atoms with Gasteiger partial charge in [-0.3, -0.25) is 4.79 Å². The van der Waals surface area contributed by atoms with E-state index in [0.29, 0.717) is 13.1 Å². The molecule has 0 saturated carbocycles. The van der Waals surface area contributed by atoms with Crippen molar-refractivity contribution in [2.75, 3.05) is 11.9 Å². The monoisotopic (exact) mass is 297 g/mol. The van der Waals surface area contributed by atoms with Crippen molar-refractivity contribution in [3.05, 3.63) is 66.2 Å². The van der Waals surface area contributed by atoms with Crippen molar-refractivity contribution in [1.29, 1.82) is 0 Å². The Hall–Kier alpha value is -2.82. The molecule has 5 nitrogen and oxygen atoms in total. The van der Waals surface area contributed by atoms with Gasteiger partial charge in [-0.15, -0.1) is 0 Å². The number of nitrogens with one attached hydrogen (secondary N) is 3. The van der Waals surface area contributed by atoms with Crippen LogP contribution in [0.5, 0.6) is 0 Å². The Balaban J connectivity index is 1.61. The van der Waals surface area contributed by atoms with Crippen molar-refractivity contribution >= 4 is 17.6 Å². The van der Waals surface area contributed by atoms with E-state index < -0.39 is 0 Å². The van der Waals surface area contributed by atoms with Crippen LogP contribution in [0.15, 0.2) is 60.7 Å². The topological polar surface area (TPSA) is 70.2 Å². The van der Waals surface area contributed by atoms with Crippen molar-refractivity contribution in [3.8, 4) is 0 Å². The van der Waals surface area contributed by atoms with Gasteiger partial charge < -0.3 is 16.0 Å². The van der Waals surface area contributed by atoms with Crippen molar-refractivity contribution in [2.45, 2.75) is 13.0 Å². The number of hydrogen-bond acceptors (Lipinski definition) is 2. The Bertz CT molecular complexity index is 600. The molecule has 0 bridgehead atoms. The molecule has 0 unspecified atom stereocenters. The Morgan fingerprint density at radius 2 is 1.45 bits per heavy atom. The van der Waals surface area contributed by atoms with Gasteiger partial charge in [-0.1, -0.05) is 48.5 Å². The van der Waals surface area contributed by atoms with Crippen LogP contribution >= 0.6 is 0 Å². The molecule has 0 aliphatic heterocycles. The van der Waals surface area contributed by atoms with E-state index in [1.807, 2.05) is 60.7 Å². The van der Waals surface area contributed by atoms with Crippen LogP contribution in [0.3, 0.4) is 0 Å². The zero-order chi connectivity index (χ0) is 15.6. The first-order valence-electron chi connectivity index (χ1n) is 7.14. The molecular formula is C17H19N3O2. The SMILES string of the molecule is O=C(CCNC(=O)NCc1ccccc1)Nc1ccccc1. The van der Waals surface area contributed by atoms with E-state index >= 15 is 0 Å². The number of para-hydroxylation sites is 1. The Morgan fingerprint density at radius 3 is 2.14 bits per heavy atom. The summed E-state index contributed by atoms with van der Waals surface area (Å²) in [7, 11) is 0. The number of rotatable bonds is 6. The maximum absolute atomic E-state index is 11.7. The second kappa shape index (κ2) is 8.46. The summed E-state index contributed by atoms with van der Waals surface area (Å²) in [6.45, 7) is 0.752. The maximum atomic E-state index is 11.7. The van der Waals surface area contributed by atoms with Crippen LogP contribution in [-0.4, -0.2) is 18.5 Å². The van der Waals surface area contributed by atoms with Gasteiger partial charge in [0.15, 0.2) is 0 Å². The minimum atomic E-state index is -0.281. The van der Waals surface area contributed by atoms with E-state index in [-0.39, 0.29) is 18.4 Å². The van der Waals surface area contributed by atoms with Crippen LogP contribution in [0.4, 0.5) is 10.5 Å². The van der Waals surface area contributed by atoms with E-state index in [9.17, 15) is 9.59 Å². The zero-order valence-corrected chi connectivity index (χ0v) is 12.2. The first-order valence-corrected chi connectivity index (χ1v) is 7.14. The summed E-state index contributed by atoms with van der Waals surface area (Å²) in [5.41, 5.74) is 1.78. The molecule has 0 saturated heterocycles. The summed E-state index contributed by atoms with van der Waals surface area (Å²) in [4.78, 5) is 23.3. The van der Waals surface area contributed by atoms with Gasteiger partial charge in [0.25, 0.3) is 0 Å². The number of carbonyl (C=O) groups is 2. The Morgan fingerprint density at radius 1 is 0.818 bits per heavy atom. The summed E-state index contributed by atoms with van der Waals surface area (Å²) < 4.78 is 0. The van der Waals surface area contributed by atoms with Crippen molar-refractivity contribution in [1.82, 2.24) is 10.6 Å². The zero-order valence-electron chi connectivity index (χ0n) is 12.2. The summed E-state index contributed by atoms with van der Waals surface area (Å²) in [6, 6.07) is 18.6. The first kappa shape index (κ1) is 15.6. The van der Waals surface area contributed by atoms with E-state index in [4.69, 9.17) is 0 Å². The third-order valence-corrected chi connectivity index (χ3v) is 2.99. The molecule has 0 radical (unpaired) electrons. The molecule has 2 rings (SSSR count). The fourth-order valence-electron chi connectivity index (χ4n) is 1.88. The molecule has 0 aliphatic carbocycles. The maximum Gasteiger partial charge on any atom is 0.315 e. The van der Waals surface area contributed by atoms with Crippen molar-refractivity contribution in [2.24, 2.45) is 0 Å². The molecule has 5 heteroatoms. The smallest absolute Gasteiger partial charge is 0.315 e. The molecule has 0 aromatic heterocycles. The second-order valence-corrected chi connectivity index (χ2v) is 4.76. The van der Waals surface area contributed by atoms with Gasteiger partial charge in [-0.25, -0.2) is 4.79 Å². The minimum Gasteiger partial charge on any atom is -0.338 e. The van der Waals surface area contributed by atoms with Crippen LogP contribution in [-0.2, 0) is 11.3 Å². The predicted molar refractivity (Wildman–Crippen MR) is 86.4 cm³/mol. The standard InChI is InChI=1S/C17H19N3O2/c21-16(20-15-9-5-2-6-10-15)11-12-18-17(22)19-13-14-7-3-1-4-8-14/h1-10H,11-13H2,(H,20,21)(H2,18,19,22). The number of carbonyl (C=O) groups excluding carboxylic acids is 2. The number of benzene rings is 2. The molecule has 0 fully saturated rings. The van der Waals surface area contributed by atoms with Gasteiger partial charge in [0.1, 0.15) is 0 Å². The van der Waals surface area contributed by atoms with E-state index in [2.05, 4.69) is 16.0 Å². The lowest BCUT2D eigenvalue weighted by atomic mass is 10.2. The number of hydrogen-bond donors (Lipinski definition) is 3. The average molecular weight is 297 g/mol. The molecule has 3 N–H and O–H groups in total. The van der Waals surface area contributed by atoms with Gasteiger partial charge in [0, 0.05) is 25.2 Å². The van der Waals surface area contributed by atoms with Gasteiger partial charge in [-0.05, 0) is 17.7 Å². The Kier molecular flexibility index (Phi) is 5.99. The summed E-state index contributed by atoms with van der Waals surface area (Å²) in [5, 5.41) is 8.16. The fraction of sp³-hybridized carbons (Fsp3) is 0.176. The molecule has 0 spiro atoms. The van der Waals surface area contributed by atoms with Crippen LogP contribution in [0.2, 0.25) is 0 Å². The molecule has 22 heavy (non-hydrogen) atoms. The van der Waals surface area contributed by atoms with Gasteiger partial charge >= 0.3 is 6.03 Å². The van der Waals surface area contributed by atoms with E-state index in [0.717, 1.165) is 11.3 Å². The highest BCUT2D eigenvalue weighted by atomic mass is 16.2. The molecule has 3 amide bonds. The van der Waals surface area contributed by atoms with Gasteiger partial charge in [0.05, 0.1) is 0 Å². The summed E-state index contributed by atoms with van der Waals surface area (Å²) in [5.74, 6) is -0.130. The van der Waals surface area contributed by atoms with Crippen LogP contribution in [0.1, 0.15) is 12.0 Å². The molecule has 2 aromatic rings. The molecule has 0 aliphatic rings. The number of amides is 3. The van der Waals surface area contributed by atoms with Gasteiger partial charge in [-0.2, -0.15) is 0 Å². The quantitative estimate of drug-likeness (QED) is 0.766.